The summed E-state index contributed by atoms with van der Waals surface area (Å²) in [6.07, 6.45) is 0.891. The summed E-state index contributed by atoms with van der Waals surface area (Å²) in [6, 6.07) is 11.9. The van der Waals surface area contributed by atoms with Crippen molar-refractivity contribution in [2.24, 2.45) is 0 Å². The van der Waals surface area contributed by atoms with E-state index < -0.39 is 10.8 Å². The molecule has 0 fully saturated rings. The summed E-state index contributed by atoms with van der Waals surface area (Å²) < 4.78 is 6.17. The van der Waals surface area contributed by atoms with Gasteiger partial charge in [0.15, 0.2) is 5.82 Å². The van der Waals surface area contributed by atoms with Gasteiger partial charge in [0, 0.05) is 22.8 Å². The number of nitro benzene ring substituents is 1. The summed E-state index contributed by atoms with van der Waals surface area (Å²) in [5, 5.41) is 15.3. The smallest absolute Gasteiger partial charge is 0.336 e. The predicted octanol–water partition coefficient (Wildman–Crippen LogP) is 3.42. The van der Waals surface area contributed by atoms with Crippen LogP contribution in [0.3, 0.4) is 0 Å². The van der Waals surface area contributed by atoms with E-state index in [1.165, 1.54) is 25.3 Å². The van der Waals surface area contributed by atoms with Gasteiger partial charge in [-0.25, -0.2) is 0 Å². The molecule has 0 aliphatic carbocycles. The van der Waals surface area contributed by atoms with Crippen LogP contribution in [0.1, 0.15) is 28.4 Å². The van der Waals surface area contributed by atoms with Gasteiger partial charge in [-0.05, 0) is 25.0 Å². The minimum Gasteiger partial charge on any atom is -0.466 e. The maximum absolute atomic E-state index is 13.0. The molecule has 0 amide bonds. The van der Waals surface area contributed by atoms with Crippen LogP contribution in [-0.4, -0.2) is 32.7 Å². The number of rotatable bonds is 5. The first kappa shape index (κ1) is 18.2. The molecule has 0 atom stereocenters. The van der Waals surface area contributed by atoms with Gasteiger partial charge in [-0.2, -0.15) is 9.67 Å². The van der Waals surface area contributed by atoms with Crippen molar-refractivity contribution in [2.75, 3.05) is 7.11 Å². The summed E-state index contributed by atoms with van der Waals surface area (Å²) in [5.41, 5.74) is 2.34. The first-order chi connectivity index (χ1) is 12.9. The number of methoxy groups -OCH3 is 1. The molecular formula is C19H18N4O4. The third-order valence-electron chi connectivity index (χ3n) is 4.24. The van der Waals surface area contributed by atoms with Crippen LogP contribution >= 0.6 is 0 Å². The number of hydrogen-bond donors (Lipinski definition) is 0. The molecule has 0 radical (unpaired) electrons. The van der Waals surface area contributed by atoms with Crippen molar-refractivity contribution >= 4 is 11.6 Å². The molecule has 3 aromatic rings. The Labute approximate surface area is 155 Å². The van der Waals surface area contributed by atoms with Crippen LogP contribution in [0, 0.1) is 17.0 Å². The Bertz CT molecular complexity index is 1010. The molecule has 138 valence electrons. The van der Waals surface area contributed by atoms with E-state index in [-0.39, 0.29) is 17.3 Å². The van der Waals surface area contributed by atoms with E-state index in [0.717, 1.165) is 16.7 Å². The number of nitrogens with zero attached hydrogens (tertiary/aromatic N) is 4. The molecule has 0 aliphatic rings. The molecular weight excluding hydrogens is 348 g/mol. The van der Waals surface area contributed by atoms with Gasteiger partial charge < -0.3 is 4.74 Å². The van der Waals surface area contributed by atoms with Crippen LogP contribution in [0.2, 0.25) is 0 Å². The van der Waals surface area contributed by atoms with E-state index in [1.807, 2.05) is 31.2 Å². The maximum Gasteiger partial charge on any atom is 0.336 e. The molecule has 0 spiro atoms. The van der Waals surface area contributed by atoms with Gasteiger partial charge in [0.2, 0.25) is 0 Å². The molecule has 3 rings (SSSR count). The molecule has 0 aliphatic heterocycles. The minimum atomic E-state index is -0.525. The standard InChI is InChI=1S/C19H18N4O4/c1-4-13-6-9-14(10-7-13)17-20-19(27-3)21-22(17)18(24)15-8-5-12(2)16(11-15)23(25)26/h5-11H,4H2,1-3H3. The Kier molecular flexibility index (Phi) is 4.98. The number of benzene rings is 2. The largest absolute Gasteiger partial charge is 0.466 e. The van der Waals surface area contributed by atoms with E-state index >= 15 is 0 Å². The molecule has 0 bridgehead atoms. The molecule has 2 aromatic carbocycles. The fourth-order valence-corrected chi connectivity index (χ4v) is 2.66. The highest BCUT2D eigenvalue weighted by atomic mass is 16.6. The Morgan fingerprint density at radius 2 is 1.93 bits per heavy atom. The van der Waals surface area contributed by atoms with Gasteiger partial charge in [0.1, 0.15) is 0 Å². The number of carbonyl (C=O) groups is 1. The Morgan fingerprint density at radius 3 is 2.52 bits per heavy atom. The van der Waals surface area contributed by atoms with E-state index in [4.69, 9.17) is 4.74 Å². The lowest BCUT2D eigenvalue weighted by Gasteiger charge is -2.06. The van der Waals surface area contributed by atoms with Crippen LogP contribution in [-0.2, 0) is 6.42 Å². The Hall–Kier alpha value is -3.55. The number of aryl methyl sites for hydroxylation is 2. The molecule has 8 nitrogen and oxygen atoms in total. The molecule has 0 unspecified atom stereocenters. The van der Waals surface area contributed by atoms with Crippen LogP contribution in [0.25, 0.3) is 11.4 Å². The highest BCUT2D eigenvalue weighted by molar-refractivity contribution is 5.98. The van der Waals surface area contributed by atoms with Crippen molar-refractivity contribution in [3.8, 4) is 17.4 Å². The zero-order chi connectivity index (χ0) is 19.6. The highest BCUT2D eigenvalue weighted by Crippen LogP contribution is 2.24. The first-order valence-corrected chi connectivity index (χ1v) is 8.34. The normalized spacial score (nSPS) is 10.6. The highest BCUT2D eigenvalue weighted by Gasteiger charge is 2.22. The fraction of sp³-hybridized carbons (Fsp3) is 0.211. The number of ether oxygens (including phenoxy) is 1. The van der Waals surface area contributed by atoms with Crippen LogP contribution in [0.4, 0.5) is 5.69 Å². The molecule has 0 N–H and O–H groups in total. The third-order valence-corrected chi connectivity index (χ3v) is 4.24. The second-order valence-corrected chi connectivity index (χ2v) is 5.95. The number of aromatic nitrogens is 3. The topological polar surface area (TPSA) is 100 Å². The van der Waals surface area contributed by atoms with E-state index in [9.17, 15) is 14.9 Å². The lowest BCUT2D eigenvalue weighted by Crippen LogP contribution is -2.15. The molecule has 1 aromatic heterocycles. The predicted molar refractivity (Wildman–Crippen MR) is 98.9 cm³/mol. The summed E-state index contributed by atoms with van der Waals surface area (Å²) in [4.78, 5) is 27.9. The number of nitro groups is 1. The molecule has 0 saturated carbocycles. The van der Waals surface area contributed by atoms with Gasteiger partial charge in [-0.1, -0.05) is 37.3 Å². The van der Waals surface area contributed by atoms with Crippen molar-refractivity contribution in [2.45, 2.75) is 20.3 Å². The summed E-state index contributed by atoms with van der Waals surface area (Å²) in [6.45, 7) is 3.67. The summed E-state index contributed by atoms with van der Waals surface area (Å²) in [7, 11) is 1.41. The average molecular weight is 366 g/mol. The quantitative estimate of drug-likeness (QED) is 0.507. The third kappa shape index (κ3) is 3.55. The van der Waals surface area contributed by atoms with Gasteiger partial charge in [0.25, 0.3) is 11.6 Å². The van der Waals surface area contributed by atoms with Gasteiger partial charge in [-0.15, -0.1) is 5.10 Å². The minimum absolute atomic E-state index is 0.0412. The lowest BCUT2D eigenvalue weighted by molar-refractivity contribution is -0.385. The van der Waals surface area contributed by atoms with Crippen molar-refractivity contribution in [3.05, 3.63) is 69.3 Å². The summed E-state index contributed by atoms with van der Waals surface area (Å²) in [5.74, 6) is -0.216. The van der Waals surface area contributed by atoms with Crippen molar-refractivity contribution in [1.82, 2.24) is 14.8 Å². The second-order valence-electron chi connectivity index (χ2n) is 5.95. The monoisotopic (exact) mass is 366 g/mol. The van der Waals surface area contributed by atoms with E-state index in [1.54, 1.807) is 6.92 Å². The van der Waals surface area contributed by atoms with Crippen molar-refractivity contribution < 1.29 is 14.5 Å². The van der Waals surface area contributed by atoms with Crippen LogP contribution in [0.5, 0.6) is 6.01 Å². The molecule has 1 heterocycles. The SMILES string of the molecule is CCc1ccc(-c2nc(OC)nn2C(=O)c2ccc(C)c([N+](=O)[O-])c2)cc1. The van der Waals surface area contributed by atoms with Crippen molar-refractivity contribution in [3.63, 3.8) is 0 Å². The average Bonchev–Trinajstić information content (AvgIpc) is 3.12. The van der Waals surface area contributed by atoms with Gasteiger partial charge >= 0.3 is 6.01 Å². The van der Waals surface area contributed by atoms with E-state index in [2.05, 4.69) is 10.1 Å². The fourth-order valence-electron chi connectivity index (χ4n) is 2.66. The molecule has 27 heavy (non-hydrogen) atoms. The number of hydrogen-bond acceptors (Lipinski definition) is 6. The zero-order valence-electron chi connectivity index (χ0n) is 15.2. The Morgan fingerprint density at radius 1 is 1.22 bits per heavy atom. The van der Waals surface area contributed by atoms with Crippen LogP contribution < -0.4 is 4.74 Å². The van der Waals surface area contributed by atoms with Gasteiger partial charge in [-0.3, -0.25) is 14.9 Å². The second kappa shape index (κ2) is 7.36. The van der Waals surface area contributed by atoms with E-state index in [0.29, 0.717) is 17.0 Å². The first-order valence-electron chi connectivity index (χ1n) is 8.34. The molecule has 8 heteroatoms. The van der Waals surface area contributed by atoms with Crippen LogP contribution in [0.15, 0.2) is 42.5 Å². The zero-order valence-corrected chi connectivity index (χ0v) is 15.2. The summed E-state index contributed by atoms with van der Waals surface area (Å²) >= 11 is 0. The number of carbonyl (C=O) groups excluding carboxylic acids is 1. The maximum atomic E-state index is 13.0. The van der Waals surface area contributed by atoms with Crippen molar-refractivity contribution in [1.29, 1.82) is 0 Å². The lowest BCUT2D eigenvalue weighted by atomic mass is 10.1. The molecule has 0 saturated heterocycles. The van der Waals surface area contributed by atoms with Gasteiger partial charge in [0.05, 0.1) is 12.0 Å². The Balaban J connectivity index is 2.08.